The van der Waals surface area contributed by atoms with Crippen LogP contribution in [0.1, 0.15) is 6.92 Å². The fourth-order valence-electron chi connectivity index (χ4n) is 1.82. The molecule has 0 bridgehead atoms. The molecule has 0 aliphatic carbocycles. The summed E-state index contributed by atoms with van der Waals surface area (Å²) in [7, 11) is 1.49. The first-order valence-electron chi connectivity index (χ1n) is 4.43. The van der Waals surface area contributed by atoms with Crippen LogP contribution in [-0.4, -0.2) is 30.8 Å². The maximum atomic E-state index is 11.0. The molecule has 1 fully saturated rings. The van der Waals surface area contributed by atoms with Crippen LogP contribution in [0.4, 0.5) is 0 Å². The lowest BCUT2D eigenvalue weighted by Gasteiger charge is -2.25. The van der Waals surface area contributed by atoms with Gasteiger partial charge in [0, 0.05) is 5.92 Å². The number of carbonyl (C=O) groups excluding carboxylic acids is 1. The molecule has 0 saturated carbocycles. The Labute approximate surface area is 81.3 Å². The summed E-state index contributed by atoms with van der Waals surface area (Å²) in [6, 6.07) is 0. The van der Waals surface area contributed by atoms with Crippen molar-refractivity contribution >= 4 is 5.97 Å². The molecule has 78 valence electrons. The van der Waals surface area contributed by atoms with Crippen LogP contribution in [0.2, 0.25) is 0 Å². The van der Waals surface area contributed by atoms with E-state index < -0.39 is 18.5 Å². The Morgan fingerprint density at radius 2 is 2.29 bits per heavy atom. The number of fused-ring (bicyclic) bond motifs is 1. The molecule has 4 atom stereocenters. The van der Waals surface area contributed by atoms with Gasteiger partial charge in [0.2, 0.25) is 6.29 Å². The molecule has 0 radical (unpaired) electrons. The second-order valence-electron chi connectivity index (χ2n) is 3.47. The molecule has 2 rings (SSSR count). The van der Waals surface area contributed by atoms with Crippen LogP contribution in [0.25, 0.3) is 0 Å². The number of methoxy groups -OCH3 is 1. The zero-order valence-electron chi connectivity index (χ0n) is 7.97. The van der Waals surface area contributed by atoms with Crippen molar-refractivity contribution < 1.29 is 24.1 Å². The highest BCUT2D eigenvalue weighted by molar-refractivity contribution is 5.83. The Morgan fingerprint density at radius 1 is 1.57 bits per heavy atom. The summed E-state index contributed by atoms with van der Waals surface area (Å²) < 4.78 is 15.0. The summed E-state index contributed by atoms with van der Waals surface area (Å²) in [6.45, 7) is 1.82. The van der Waals surface area contributed by atoms with E-state index in [0.29, 0.717) is 5.76 Å². The minimum atomic E-state index is -0.908. The van der Waals surface area contributed by atoms with E-state index >= 15 is 0 Å². The molecule has 2 aliphatic rings. The standard InChI is InChI=1S/C9H12O5/c1-4-7-5(12-2)3-6(10)13-9(7)14-8(4)11/h3-4,7-9,11H,1-2H3. The van der Waals surface area contributed by atoms with Crippen molar-refractivity contribution in [2.24, 2.45) is 11.8 Å². The van der Waals surface area contributed by atoms with E-state index in [2.05, 4.69) is 0 Å². The van der Waals surface area contributed by atoms with Gasteiger partial charge in [-0.05, 0) is 0 Å². The first-order valence-corrected chi connectivity index (χ1v) is 4.43. The molecule has 4 unspecified atom stereocenters. The van der Waals surface area contributed by atoms with Gasteiger partial charge in [0.25, 0.3) is 0 Å². The van der Waals surface area contributed by atoms with Gasteiger partial charge in [-0.1, -0.05) is 6.92 Å². The first-order chi connectivity index (χ1) is 6.63. The van der Waals surface area contributed by atoms with E-state index in [1.165, 1.54) is 13.2 Å². The topological polar surface area (TPSA) is 65.0 Å². The molecular weight excluding hydrogens is 188 g/mol. The van der Waals surface area contributed by atoms with Crippen molar-refractivity contribution in [1.82, 2.24) is 0 Å². The van der Waals surface area contributed by atoms with Gasteiger partial charge in [0.15, 0.2) is 6.29 Å². The average Bonchev–Trinajstić information content (AvgIpc) is 2.41. The predicted molar refractivity (Wildman–Crippen MR) is 44.7 cm³/mol. The summed E-state index contributed by atoms with van der Waals surface area (Å²) in [5.74, 6) is -0.327. The average molecular weight is 200 g/mol. The van der Waals surface area contributed by atoms with Gasteiger partial charge in [-0.2, -0.15) is 0 Å². The number of esters is 1. The van der Waals surface area contributed by atoms with E-state index in [-0.39, 0.29) is 11.8 Å². The van der Waals surface area contributed by atoms with E-state index in [1.807, 2.05) is 6.92 Å². The van der Waals surface area contributed by atoms with Crippen LogP contribution >= 0.6 is 0 Å². The molecule has 0 aromatic heterocycles. The number of aliphatic hydroxyl groups is 1. The zero-order valence-corrected chi connectivity index (χ0v) is 7.97. The quantitative estimate of drug-likeness (QED) is 0.603. The summed E-state index contributed by atoms with van der Waals surface area (Å²) in [5.41, 5.74) is 0. The third kappa shape index (κ3) is 1.29. The third-order valence-electron chi connectivity index (χ3n) is 2.64. The second-order valence-corrected chi connectivity index (χ2v) is 3.47. The molecule has 0 aromatic rings. The van der Waals surface area contributed by atoms with Gasteiger partial charge in [-0.25, -0.2) is 4.79 Å². The monoisotopic (exact) mass is 200 g/mol. The number of rotatable bonds is 1. The molecule has 0 amide bonds. The molecule has 5 heteroatoms. The third-order valence-corrected chi connectivity index (χ3v) is 2.64. The SMILES string of the molecule is COC1=CC(=O)OC2OC(O)C(C)C12. The van der Waals surface area contributed by atoms with Crippen molar-refractivity contribution in [3.63, 3.8) is 0 Å². The number of carbonyl (C=O) groups is 1. The fourth-order valence-corrected chi connectivity index (χ4v) is 1.82. The number of ether oxygens (including phenoxy) is 3. The van der Waals surface area contributed by atoms with Crippen LogP contribution in [0, 0.1) is 11.8 Å². The lowest BCUT2D eigenvalue weighted by Crippen LogP contribution is -2.31. The molecule has 14 heavy (non-hydrogen) atoms. The number of hydrogen-bond donors (Lipinski definition) is 1. The van der Waals surface area contributed by atoms with Crippen LogP contribution in [0.5, 0.6) is 0 Å². The molecule has 5 nitrogen and oxygen atoms in total. The molecule has 1 N–H and O–H groups in total. The van der Waals surface area contributed by atoms with Gasteiger partial charge in [0.05, 0.1) is 19.1 Å². The maximum Gasteiger partial charge on any atom is 0.336 e. The Bertz CT molecular complexity index is 285. The second kappa shape index (κ2) is 3.25. The normalized spacial score (nSPS) is 41.4. The van der Waals surface area contributed by atoms with Gasteiger partial charge in [-0.15, -0.1) is 0 Å². The van der Waals surface area contributed by atoms with Crippen molar-refractivity contribution in [2.45, 2.75) is 19.5 Å². The summed E-state index contributed by atoms with van der Waals surface area (Å²) in [4.78, 5) is 11.0. The summed E-state index contributed by atoms with van der Waals surface area (Å²) >= 11 is 0. The van der Waals surface area contributed by atoms with E-state index in [9.17, 15) is 9.90 Å². The van der Waals surface area contributed by atoms with Crippen LogP contribution in [0.15, 0.2) is 11.8 Å². The van der Waals surface area contributed by atoms with Gasteiger partial charge in [0.1, 0.15) is 5.76 Å². The largest absolute Gasteiger partial charge is 0.500 e. The Kier molecular flexibility index (Phi) is 2.20. The fraction of sp³-hybridized carbons (Fsp3) is 0.667. The summed E-state index contributed by atoms with van der Waals surface area (Å²) in [6.07, 6.45) is -0.333. The molecule has 0 aromatic carbocycles. The minimum absolute atomic E-state index is 0.140. The molecular formula is C9H12O5. The minimum Gasteiger partial charge on any atom is -0.500 e. The van der Waals surface area contributed by atoms with Crippen molar-refractivity contribution in [3.8, 4) is 0 Å². The van der Waals surface area contributed by atoms with E-state index in [1.54, 1.807) is 0 Å². The molecule has 2 aliphatic heterocycles. The Morgan fingerprint density at radius 3 is 2.93 bits per heavy atom. The Hall–Kier alpha value is -1.07. The van der Waals surface area contributed by atoms with Crippen molar-refractivity contribution in [2.75, 3.05) is 7.11 Å². The maximum absolute atomic E-state index is 11.0. The number of aliphatic hydroxyl groups excluding tert-OH is 1. The Balaban J connectivity index is 2.29. The van der Waals surface area contributed by atoms with Gasteiger partial charge < -0.3 is 19.3 Å². The van der Waals surface area contributed by atoms with E-state index in [4.69, 9.17) is 14.2 Å². The summed E-state index contributed by atoms with van der Waals surface area (Å²) in [5, 5.41) is 9.43. The smallest absolute Gasteiger partial charge is 0.336 e. The highest BCUT2D eigenvalue weighted by Gasteiger charge is 2.48. The first kappa shape index (κ1) is 9.48. The highest BCUT2D eigenvalue weighted by Crippen LogP contribution is 2.39. The van der Waals surface area contributed by atoms with Gasteiger partial charge in [-0.3, -0.25) is 0 Å². The molecule has 2 heterocycles. The highest BCUT2D eigenvalue weighted by atomic mass is 16.7. The number of hydrogen-bond acceptors (Lipinski definition) is 5. The lowest BCUT2D eigenvalue weighted by molar-refractivity contribution is -0.202. The molecule has 0 spiro atoms. The van der Waals surface area contributed by atoms with Crippen molar-refractivity contribution in [1.29, 1.82) is 0 Å². The van der Waals surface area contributed by atoms with Crippen LogP contribution < -0.4 is 0 Å². The van der Waals surface area contributed by atoms with E-state index in [0.717, 1.165) is 0 Å². The predicted octanol–water partition coefficient (Wildman–Crippen LogP) is 0.000500. The zero-order chi connectivity index (χ0) is 10.3. The van der Waals surface area contributed by atoms with Gasteiger partial charge >= 0.3 is 5.97 Å². The molecule has 1 saturated heterocycles. The lowest BCUT2D eigenvalue weighted by atomic mass is 9.92. The van der Waals surface area contributed by atoms with Crippen LogP contribution in [-0.2, 0) is 19.0 Å². The van der Waals surface area contributed by atoms with Crippen molar-refractivity contribution in [3.05, 3.63) is 11.8 Å². The van der Waals surface area contributed by atoms with Crippen LogP contribution in [0.3, 0.4) is 0 Å².